The third kappa shape index (κ3) is 4.55. The molecule has 3 aromatic rings. The Balaban J connectivity index is 1.33. The van der Waals surface area contributed by atoms with E-state index in [1.54, 1.807) is 0 Å². The van der Waals surface area contributed by atoms with Crippen LogP contribution in [0.25, 0.3) is 17.5 Å². The van der Waals surface area contributed by atoms with E-state index in [0.717, 1.165) is 40.8 Å². The number of ether oxygens (including phenoxy) is 1. The van der Waals surface area contributed by atoms with Crippen LogP contribution in [0.2, 0.25) is 0 Å². The van der Waals surface area contributed by atoms with Crippen molar-refractivity contribution in [2.45, 2.75) is 13.3 Å². The zero-order valence-corrected chi connectivity index (χ0v) is 16.1. The van der Waals surface area contributed by atoms with Gasteiger partial charge in [-0.05, 0) is 42.8 Å². The van der Waals surface area contributed by atoms with Gasteiger partial charge in [0.1, 0.15) is 11.5 Å². The van der Waals surface area contributed by atoms with Gasteiger partial charge in [0.05, 0.1) is 18.2 Å². The number of benzene rings is 2. The Morgan fingerprint density at radius 2 is 1.96 bits per heavy atom. The number of oxazole rings is 1. The molecule has 1 fully saturated rings. The van der Waals surface area contributed by atoms with E-state index in [1.807, 2.05) is 61.2 Å². The predicted molar refractivity (Wildman–Crippen MR) is 111 cm³/mol. The number of aryl methyl sites for hydroxylation is 1. The molecule has 0 unspecified atom stereocenters. The van der Waals surface area contributed by atoms with E-state index >= 15 is 0 Å². The number of thioether (sulfide) groups is 1. The fourth-order valence-electron chi connectivity index (χ4n) is 2.94. The summed E-state index contributed by atoms with van der Waals surface area (Å²) in [5, 5.41) is 3.37. The smallest absolute Gasteiger partial charge is 0.226 e. The fraction of sp³-hybridized carbons (Fsp3) is 0.227. The van der Waals surface area contributed by atoms with Crippen molar-refractivity contribution in [2.24, 2.45) is 0 Å². The van der Waals surface area contributed by atoms with Crippen LogP contribution in [0.3, 0.4) is 0 Å². The van der Waals surface area contributed by atoms with Crippen molar-refractivity contribution in [1.82, 2.24) is 10.3 Å². The summed E-state index contributed by atoms with van der Waals surface area (Å²) in [5.41, 5.74) is 4.41. The number of hydrogen-bond acceptors (Lipinski definition) is 5. The SMILES string of the molecule is Cc1oc(-c2ccccc2)nc1CCOc1ccc(/C=C2/CSCN2)cc1. The maximum absolute atomic E-state index is 5.88. The van der Waals surface area contributed by atoms with Crippen molar-refractivity contribution >= 4 is 17.8 Å². The Hall–Kier alpha value is -2.66. The number of aromatic nitrogens is 1. The molecule has 4 rings (SSSR count). The Morgan fingerprint density at radius 1 is 1.15 bits per heavy atom. The van der Waals surface area contributed by atoms with Crippen molar-refractivity contribution in [2.75, 3.05) is 18.2 Å². The summed E-state index contributed by atoms with van der Waals surface area (Å²) in [6.07, 6.45) is 2.91. The van der Waals surface area contributed by atoms with Crippen LogP contribution < -0.4 is 10.1 Å². The maximum Gasteiger partial charge on any atom is 0.226 e. The van der Waals surface area contributed by atoms with Gasteiger partial charge in [0.2, 0.25) is 5.89 Å². The van der Waals surface area contributed by atoms with Crippen LogP contribution in [0, 0.1) is 6.92 Å². The summed E-state index contributed by atoms with van der Waals surface area (Å²) in [5.74, 6) is 4.44. The molecule has 27 heavy (non-hydrogen) atoms. The van der Waals surface area contributed by atoms with Crippen LogP contribution in [0.4, 0.5) is 0 Å². The maximum atomic E-state index is 5.88. The molecule has 1 aliphatic rings. The molecule has 2 aromatic carbocycles. The Bertz CT molecular complexity index is 909. The molecule has 2 heterocycles. The van der Waals surface area contributed by atoms with Crippen LogP contribution in [-0.2, 0) is 6.42 Å². The monoisotopic (exact) mass is 378 g/mol. The van der Waals surface area contributed by atoms with Crippen LogP contribution in [0.15, 0.2) is 64.7 Å². The molecular formula is C22H22N2O2S. The van der Waals surface area contributed by atoms with Crippen LogP contribution in [0.5, 0.6) is 5.75 Å². The number of nitrogens with zero attached hydrogens (tertiary/aromatic N) is 1. The van der Waals surface area contributed by atoms with Gasteiger partial charge in [-0.3, -0.25) is 0 Å². The first-order valence-electron chi connectivity index (χ1n) is 9.05. The molecular weight excluding hydrogens is 356 g/mol. The quantitative estimate of drug-likeness (QED) is 0.661. The Morgan fingerprint density at radius 3 is 2.70 bits per heavy atom. The normalized spacial score (nSPS) is 15.1. The molecule has 0 amide bonds. The van der Waals surface area contributed by atoms with E-state index in [4.69, 9.17) is 9.15 Å². The lowest BCUT2D eigenvalue weighted by atomic mass is 10.2. The molecule has 1 aromatic heterocycles. The lowest BCUT2D eigenvalue weighted by molar-refractivity contribution is 0.320. The second kappa shape index (κ2) is 8.35. The summed E-state index contributed by atoms with van der Waals surface area (Å²) >= 11 is 1.90. The molecule has 1 aliphatic heterocycles. The van der Waals surface area contributed by atoms with Gasteiger partial charge in [-0.1, -0.05) is 30.3 Å². The number of nitrogens with one attached hydrogen (secondary N) is 1. The lowest BCUT2D eigenvalue weighted by Crippen LogP contribution is -2.04. The van der Waals surface area contributed by atoms with Gasteiger partial charge < -0.3 is 14.5 Å². The number of hydrogen-bond donors (Lipinski definition) is 1. The van der Waals surface area contributed by atoms with E-state index in [0.29, 0.717) is 12.5 Å². The second-order valence-electron chi connectivity index (χ2n) is 6.39. The first-order chi connectivity index (χ1) is 13.3. The molecule has 0 spiro atoms. The average molecular weight is 378 g/mol. The highest BCUT2D eigenvalue weighted by molar-refractivity contribution is 7.99. The minimum Gasteiger partial charge on any atom is -0.493 e. The summed E-state index contributed by atoms with van der Waals surface area (Å²) in [7, 11) is 0. The lowest BCUT2D eigenvalue weighted by Gasteiger charge is -2.06. The van der Waals surface area contributed by atoms with Gasteiger partial charge in [-0.15, -0.1) is 11.8 Å². The topological polar surface area (TPSA) is 47.3 Å². The summed E-state index contributed by atoms with van der Waals surface area (Å²) in [6.45, 7) is 2.52. The number of rotatable bonds is 6. The van der Waals surface area contributed by atoms with Crippen molar-refractivity contribution < 1.29 is 9.15 Å². The van der Waals surface area contributed by atoms with E-state index < -0.39 is 0 Å². The third-order valence-corrected chi connectivity index (χ3v) is 5.26. The van der Waals surface area contributed by atoms with Crippen molar-refractivity contribution in [1.29, 1.82) is 0 Å². The van der Waals surface area contributed by atoms with E-state index in [-0.39, 0.29) is 0 Å². The highest BCUT2D eigenvalue weighted by Gasteiger charge is 2.11. The largest absolute Gasteiger partial charge is 0.493 e. The minimum atomic E-state index is 0.570. The Kier molecular flexibility index (Phi) is 5.49. The van der Waals surface area contributed by atoms with Crippen LogP contribution in [0.1, 0.15) is 17.0 Å². The highest BCUT2D eigenvalue weighted by atomic mass is 32.2. The van der Waals surface area contributed by atoms with E-state index in [2.05, 4.69) is 28.5 Å². The zero-order valence-electron chi connectivity index (χ0n) is 15.3. The van der Waals surface area contributed by atoms with E-state index in [1.165, 1.54) is 11.3 Å². The van der Waals surface area contributed by atoms with Gasteiger partial charge >= 0.3 is 0 Å². The molecule has 0 atom stereocenters. The van der Waals surface area contributed by atoms with Gasteiger partial charge in [-0.2, -0.15) is 0 Å². The van der Waals surface area contributed by atoms with Crippen molar-refractivity contribution in [3.8, 4) is 17.2 Å². The first kappa shape index (κ1) is 17.7. The predicted octanol–water partition coefficient (Wildman–Crippen LogP) is 4.91. The molecule has 0 radical (unpaired) electrons. The van der Waals surface area contributed by atoms with Gasteiger partial charge in [-0.25, -0.2) is 4.98 Å². The minimum absolute atomic E-state index is 0.570. The first-order valence-corrected chi connectivity index (χ1v) is 10.2. The molecule has 1 saturated heterocycles. The standard InChI is InChI=1S/C22H22N2O2S/c1-16-21(24-22(26-16)18-5-3-2-4-6-18)11-12-25-20-9-7-17(8-10-20)13-19-14-27-15-23-19/h2-10,13,23H,11-12,14-15H2,1H3/b19-13-. The zero-order chi connectivity index (χ0) is 18.5. The molecule has 5 heteroatoms. The summed E-state index contributed by atoms with van der Waals surface area (Å²) in [6, 6.07) is 18.2. The summed E-state index contributed by atoms with van der Waals surface area (Å²) < 4.78 is 11.7. The average Bonchev–Trinajstić information content (AvgIpc) is 3.34. The fourth-order valence-corrected chi connectivity index (χ4v) is 3.73. The molecule has 0 aliphatic carbocycles. The van der Waals surface area contributed by atoms with Crippen molar-refractivity contribution in [3.05, 3.63) is 77.3 Å². The third-order valence-electron chi connectivity index (χ3n) is 4.40. The van der Waals surface area contributed by atoms with Crippen LogP contribution in [-0.4, -0.2) is 23.2 Å². The van der Waals surface area contributed by atoms with E-state index in [9.17, 15) is 0 Å². The Labute approximate surface area is 163 Å². The highest BCUT2D eigenvalue weighted by Crippen LogP contribution is 2.22. The second-order valence-corrected chi connectivity index (χ2v) is 7.38. The molecule has 138 valence electrons. The molecule has 0 saturated carbocycles. The van der Waals surface area contributed by atoms with Crippen molar-refractivity contribution in [3.63, 3.8) is 0 Å². The molecule has 1 N–H and O–H groups in total. The molecule has 0 bridgehead atoms. The van der Waals surface area contributed by atoms with Crippen LogP contribution >= 0.6 is 11.8 Å². The van der Waals surface area contributed by atoms with Gasteiger partial charge in [0.15, 0.2) is 0 Å². The van der Waals surface area contributed by atoms with Gasteiger partial charge in [0.25, 0.3) is 0 Å². The summed E-state index contributed by atoms with van der Waals surface area (Å²) in [4.78, 5) is 4.62. The molecule has 4 nitrogen and oxygen atoms in total. The van der Waals surface area contributed by atoms with Gasteiger partial charge in [0, 0.05) is 23.4 Å².